The first-order valence-electron chi connectivity index (χ1n) is 6.67. The molecule has 1 aromatic carbocycles. The molecule has 1 heterocycles. The minimum absolute atomic E-state index is 0.0827. The highest BCUT2D eigenvalue weighted by atomic mass is 79.9. The van der Waals surface area contributed by atoms with E-state index < -0.39 is 16.7 Å². The van der Waals surface area contributed by atoms with Gasteiger partial charge < -0.3 is 0 Å². The maximum absolute atomic E-state index is 12.3. The quantitative estimate of drug-likeness (QED) is 0.340. The van der Waals surface area contributed by atoms with Gasteiger partial charge in [0.05, 0.1) is 10.5 Å². The Labute approximate surface area is 130 Å². The SMILES string of the molecule is CC(CCBr)CCN1C(=O)c2cccc([N+](=O)[O-])c2C1=O. The second-order valence-corrected chi connectivity index (χ2v) is 5.88. The Balaban J connectivity index is 2.22. The van der Waals surface area contributed by atoms with Gasteiger partial charge in [-0.15, -0.1) is 0 Å². The van der Waals surface area contributed by atoms with Gasteiger partial charge in [-0.05, 0) is 24.8 Å². The van der Waals surface area contributed by atoms with E-state index in [2.05, 4.69) is 15.9 Å². The zero-order valence-electron chi connectivity index (χ0n) is 11.5. The number of hydrogen-bond donors (Lipinski definition) is 0. The predicted molar refractivity (Wildman–Crippen MR) is 80.7 cm³/mol. The summed E-state index contributed by atoms with van der Waals surface area (Å²) in [4.78, 5) is 36.0. The van der Waals surface area contributed by atoms with Crippen molar-refractivity contribution in [2.45, 2.75) is 19.8 Å². The lowest BCUT2D eigenvalue weighted by Crippen LogP contribution is -2.31. The minimum Gasteiger partial charge on any atom is -0.274 e. The van der Waals surface area contributed by atoms with E-state index in [4.69, 9.17) is 0 Å². The molecular weight excluding hydrogens is 340 g/mol. The van der Waals surface area contributed by atoms with Crippen LogP contribution in [-0.2, 0) is 0 Å². The van der Waals surface area contributed by atoms with Crippen molar-refractivity contribution in [2.24, 2.45) is 5.92 Å². The number of rotatable bonds is 6. The molecule has 1 aromatic rings. The van der Waals surface area contributed by atoms with Gasteiger partial charge in [0.2, 0.25) is 0 Å². The molecule has 6 nitrogen and oxygen atoms in total. The molecule has 0 N–H and O–H groups in total. The van der Waals surface area contributed by atoms with Crippen LogP contribution in [0.1, 0.15) is 40.5 Å². The van der Waals surface area contributed by atoms with Gasteiger partial charge in [-0.3, -0.25) is 24.6 Å². The molecule has 1 aliphatic heterocycles. The van der Waals surface area contributed by atoms with Gasteiger partial charge in [-0.2, -0.15) is 0 Å². The Kier molecular flexibility index (Phi) is 4.72. The van der Waals surface area contributed by atoms with Crippen LogP contribution in [0.4, 0.5) is 5.69 Å². The number of carbonyl (C=O) groups is 2. The van der Waals surface area contributed by atoms with E-state index in [0.717, 1.165) is 16.7 Å². The van der Waals surface area contributed by atoms with Gasteiger partial charge in [-0.1, -0.05) is 28.9 Å². The van der Waals surface area contributed by atoms with Crippen LogP contribution in [0, 0.1) is 16.0 Å². The third kappa shape index (κ3) is 2.97. The molecule has 0 spiro atoms. The Bertz CT molecular complexity index is 603. The smallest absolute Gasteiger partial charge is 0.274 e. The monoisotopic (exact) mass is 354 g/mol. The molecule has 21 heavy (non-hydrogen) atoms. The molecule has 0 bridgehead atoms. The summed E-state index contributed by atoms with van der Waals surface area (Å²) in [6.07, 6.45) is 1.63. The van der Waals surface area contributed by atoms with Gasteiger partial charge in [0, 0.05) is 17.9 Å². The van der Waals surface area contributed by atoms with Crippen LogP contribution in [0.2, 0.25) is 0 Å². The van der Waals surface area contributed by atoms with Crippen LogP contribution in [-0.4, -0.2) is 33.5 Å². The van der Waals surface area contributed by atoms with E-state index in [-0.39, 0.29) is 23.4 Å². The molecular formula is C14H15BrN2O4. The summed E-state index contributed by atoms with van der Waals surface area (Å²) in [5.74, 6) is -0.637. The van der Waals surface area contributed by atoms with Crippen LogP contribution in [0.25, 0.3) is 0 Å². The number of carbonyl (C=O) groups excluding carboxylic acids is 2. The second-order valence-electron chi connectivity index (χ2n) is 5.09. The molecule has 0 aromatic heterocycles. The fourth-order valence-electron chi connectivity index (χ4n) is 2.35. The van der Waals surface area contributed by atoms with Crippen molar-refractivity contribution in [3.8, 4) is 0 Å². The van der Waals surface area contributed by atoms with E-state index in [9.17, 15) is 19.7 Å². The molecule has 112 valence electrons. The zero-order valence-corrected chi connectivity index (χ0v) is 13.1. The van der Waals surface area contributed by atoms with Crippen molar-refractivity contribution < 1.29 is 14.5 Å². The molecule has 0 radical (unpaired) electrons. The molecule has 0 fully saturated rings. The molecule has 0 saturated heterocycles. The number of amides is 2. The lowest BCUT2D eigenvalue weighted by atomic mass is 10.1. The topological polar surface area (TPSA) is 80.5 Å². The highest BCUT2D eigenvalue weighted by Crippen LogP contribution is 2.31. The van der Waals surface area contributed by atoms with Crippen molar-refractivity contribution in [1.29, 1.82) is 0 Å². The third-order valence-electron chi connectivity index (χ3n) is 3.62. The maximum atomic E-state index is 12.3. The van der Waals surface area contributed by atoms with Gasteiger partial charge in [-0.25, -0.2) is 0 Å². The summed E-state index contributed by atoms with van der Waals surface area (Å²) in [6, 6.07) is 4.14. The van der Waals surface area contributed by atoms with Crippen molar-refractivity contribution in [3.05, 3.63) is 39.4 Å². The normalized spacial score (nSPS) is 15.2. The molecule has 0 aliphatic carbocycles. The molecule has 1 aliphatic rings. The van der Waals surface area contributed by atoms with Crippen molar-refractivity contribution in [3.63, 3.8) is 0 Å². The maximum Gasteiger partial charge on any atom is 0.282 e. The number of imide groups is 1. The average Bonchev–Trinajstić information content (AvgIpc) is 2.69. The molecule has 2 rings (SSSR count). The van der Waals surface area contributed by atoms with Crippen LogP contribution in [0.5, 0.6) is 0 Å². The zero-order chi connectivity index (χ0) is 15.6. The largest absolute Gasteiger partial charge is 0.282 e. The molecule has 0 saturated carbocycles. The van der Waals surface area contributed by atoms with Crippen molar-refractivity contribution >= 4 is 33.4 Å². The number of nitrogens with zero attached hydrogens (tertiary/aromatic N) is 2. The fraction of sp³-hybridized carbons (Fsp3) is 0.429. The highest BCUT2D eigenvalue weighted by Gasteiger charge is 2.40. The number of halogens is 1. The van der Waals surface area contributed by atoms with E-state index in [1.54, 1.807) is 0 Å². The average molecular weight is 355 g/mol. The highest BCUT2D eigenvalue weighted by molar-refractivity contribution is 9.09. The minimum atomic E-state index is -0.624. The number of fused-ring (bicyclic) bond motifs is 1. The lowest BCUT2D eigenvalue weighted by molar-refractivity contribution is -0.385. The van der Waals surface area contributed by atoms with Crippen LogP contribution in [0.15, 0.2) is 18.2 Å². The van der Waals surface area contributed by atoms with E-state index in [1.807, 2.05) is 6.92 Å². The first-order chi connectivity index (χ1) is 9.97. The fourth-order valence-corrected chi connectivity index (χ4v) is 3.13. The Hall–Kier alpha value is -1.76. The molecule has 7 heteroatoms. The lowest BCUT2D eigenvalue weighted by Gasteiger charge is -2.16. The molecule has 1 atom stereocenters. The predicted octanol–water partition coefficient (Wildman–Crippen LogP) is 3.00. The van der Waals surface area contributed by atoms with Gasteiger partial charge in [0.25, 0.3) is 17.5 Å². The Morgan fingerprint density at radius 3 is 2.62 bits per heavy atom. The van der Waals surface area contributed by atoms with Crippen LogP contribution in [0.3, 0.4) is 0 Å². The summed E-state index contributed by atoms with van der Waals surface area (Å²) in [5, 5.41) is 11.9. The number of hydrogen-bond acceptors (Lipinski definition) is 4. The molecule has 2 amide bonds. The number of nitro benzene ring substituents is 1. The summed E-state index contributed by atoms with van der Waals surface area (Å²) < 4.78 is 0. The van der Waals surface area contributed by atoms with Crippen molar-refractivity contribution in [1.82, 2.24) is 4.90 Å². The first-order valence-corrected chi connectivity index (χ1v) is 7.79. The Morgan fingerprint density at radius 1 is 1.29 bits per heavy atom. The van der Waals surface area contributed by atoms with E-state index >= 15 is 0 Å². The summed E-state index contributed by atoms with van der Waals surface area (Å²) in [6.45, 7) is 2.33. The molecule has 1 unspecified atom stereocenters. The Morgan fingerprint density at radius 2 is 2.00 bits per heavy atom. The third-order valence-corrected chi connectivity index (χ3v) is 4.08. The van der Waals surface area contributed by atoms with Crippen LogP contribution >= 0.6 is 15.9 Å². The first kappa shape index (κ1) is 15.6. The second kappa shape index (κ2) is 6.34. The van der Waals surface area contributed by atoms with Crippen LogP contribution < -0.4 is 0 Å². The van der Waals surface area contributed by atoms with Crippen molar-refractivity contribution in [2.75, 3.05) is 11.9 Å². The number of alkyl halides is 1. The van der Waals surface area contributed by atoms with Gasteiger partial charge in [0.15, 0.2) is 0 Å². The summed E-state index contributed by atoms with van der Waals surface area (Å²) in [5.41, 5.74) is -0.259. The van der Waals surface area contributed by atoms with E-state index in [0.29, 0.717) is 12.3 Å². The van der Waals surface area contributed by atoms with E-state index in [1.165, 1.54) is 18.2 Å². The summed E-state index contributed by atoms with van der Waals surface area (Å²) >= 11 is 3.35. The van der Waals surface area contributed by atoms with Gasteiger partial charge in [0.1, 0.15) is 5.56 Å². The standard InChI is InChI=1S/C14H15BrN2O4/c1-9(5-7-15)6-8-16-13(18)10-3-2-4-11(17(20)21)12(10)14(16)19/h2-4,9H,5-8H2,1H3. The number of nitro groups is 1. The van der Waals surface area contributed by atoms with Gasteiger partial charge >= 0.3 is 0 Å². The number of benzene rings is 1. The summed E-state index contributed by atoms with van der Waals surface area (Å²) in [7, 11) is 0.